The molecule has 1 aromatic heterocycles. The highest BCUT2D eigenvalue weighted by atomic mass is 35.5. The molecule has 0 fully saturated rings. The van der Waals surface area contributed by atoms with E-state index in [0.717, 1.165) is 12.2 Å². The summed E-state index contributed by atoms with van der Waals surface area (Å²) in [5.41, 5.74) is 1.51. The Hall–Kier alpha value is -1.07. The summed E-state index contributed by atoms with van der Waals surface area (Å²) in [7, 11) is 3.69. The topological polar surface area (TPSA) is 50.2 Å². The van der Waals surface area contributed by atoms with Gasteiger partial charge in [-0.05, 0) is 39.8 Å². The highest BCUT2D eigenvalue weighted by Gasteiger charge is 2.24. The van der Waals surface area contributed by atoms with Gasteiger partial charge in [0.15, 0.2) is 5.69 Å². The van der Waals surface area contributed by atoms with E-state index in [0.29, 0.717) is 18.2 Å². The van der Waals surface area contributed by atoms with E-state index in [2.05, 4.69) is 45.0 Å². The van der Waals surface area contributed by atoms with Gasteiger partial charge >= 0.3 is 0 Å². The molecule has 1 N–H and O–H groups in total. The second-order valence-corrected chi connectivity index (χ2v) is 6.52. The minimum Gasteiger partial charge on any atom is -0.339 e. The first-order valence-electron chi connectivity index (χ1n) is 7.19. The van der Waals surface area contributed by atoms with Gasteiger partial charge in [0.2, 0.25) is 0 Å². The van der Waals surface area contributed by atoms with Gasteiger partial charge in [0.25, 0.3) is 5.91 Å². The molecule has 0 aromatic carbocycles. The Morgan fingerprint density at radius 1 is 1.43 bits per heavy atom. The van der Waals surface area contributed by atoms with Gasteiger partial charge in [0, 0.05) is 25.8 Å². The van der Waals surface area contributed by atoms with E-state index in [4.69, 9.17) is 0 Å². The van der Waals surface area contributed by atoms with Crippen molar-refractivity contribution < 1.29 is 4.79 Å². The highest BCUT2D eigenvalue weighted by Crippen LogP contribution is 2.23. The second-order valence-electron chi connectivity index (χ2n) is 6.52. The van der Waals surface area contributed by atoms with Crippen molar-refractivity contribution in [2.45, 2.75) is 46.1 Å². The van der Waals surface area contributed by atoms with Crippen molar-refractivity contribution in [2.24, 2.45) is 0 Å². The quantitative estimate of drug-likeness (QED) is 0.908. The lowest BCUT2D eigenvalue weighted by Crippen LogP contribution is -2.33. The molecule has 1 heterocycles. The lowest BCUT2D eigenvalue weighted by molar-refractivity contribution is 0.0789. The fraction of sp³-hybridized carbons (Fsp3) is 0.733. The number of nitrogens with one attached hydrogen (secondary N) is 1. The molecular formula is C15H29ClN4O. The maximum absolute atomic E-state index is 12.4. The van der Waals surface area contributed by atoms with Gasteiger partial charge < -0.3 is 10.2 Å². The molecular weight excluding hydrogens is 288 g/mol. The maximum atomic E-state index is 12.4. The average molecular weight is 317 g/mol. The number of aromatic nitrogens is 2. The van der Waals surface area contributed by atoms with Crippen LogP contribution in [0.3, 0.4) is 0 Å². The van der Waals surface area contributed by atoms with Crippen molar-refractivity contribution in [2.75, 3.05) is 27.2 Å². The molecule has 21 heavy (non-hydrogen) atoms. The van der Waals surface area contributed by atoms with Crippen molar-refractivity contribution >= 4 is 18.3 Å². The molecule has 6 heteroatoms. The summed E-state index contributed by atoms with van der Waals surface area (Å²) >= 11 is 0. The van der Waals surface area contributed by atoms with Crippen LogP contribution in [0.5, 0.6) is 0 Å². The zero-order valence-corrected chi connectivity index (χ0v) is 15.0. The molecule has 0 aliphatic carbocycles. The van der Waals surface area contributed by atoms with E-state index < -0.39 is 0 Å². The number of hydrogen-bond acceptors (Lipinski definition) is 3. The molecule has 0 spiro atoms. The van der Waals surface area contributed by atoms with E-state index in [1.54, 1.807) is 4.90 Å². The number of likely N-dealkylation sites (N-methyl/N-ethyl adjacent to an activating group) is 2. The average Bonchev–Trinajstić information content (AvgIpc) is 2.79. The molecule has 0 saturated heterocycles. The van der Waals surface area contributed by atoms with Crippen molar-refractivity contribution in [1.82, 2.24) is 20.0 Å². The third kappa shape index (κ3) is 5.00. The Balaban J connectivity index is 0.00000400. The molecule has 1 amide bonds. The summed E-state index contributed by atoms with van der Waals surface area (Å²) < 4.78 is 1.97. The van der Waals surface area contributed by atoms with E-state index in [1.165, 1.54) is 0 Å². The lowest BCUT2D eigenvalue weighted by Gasteiger charge is -2.23. The van der Waals surface area contributed by atoms with Gasteiger partial charge in [-0.15, -0.1) is 12.4 Å². The molecule has 0 saturated carbocycles. The fourth-order valence-electron chi connectivity index (χ4n) is 2.03. The monoisotopic (exact) mass is 316 g/mol. The summed E-state index contributed by atoms with van der Waals surface area (Å²) in [6.45, 7) is 12.0. The van der Waals surface area contributed by atoms with E-state index >= 15 is 0 Å². The zero-order chi connectivity index (χ0) is 15.5. The SMILES string of the molecule is CNCCN(C)C(=O)c1cc(C(C)C)n(C(C)(C)C)n1.Cl. The van der Waals surface area contributed by atoms with Crippen LogP contribution in [-0.2, 0) is 5.54 Å². The van der Waals surface area contributed by atoms with Crippen LogP contribution in [0.15, 0.2) is 6.07 Å². The molecule has 0 aliphatic rings. The molecule has 0 bridgehead atoms. The predicted octanol–water partition coefficient (Wildman–Crippen LogP) is 2.47. The summed E-state index contributed by atoms with van der Waals surface area (Å²) in [4.78, 5) is 14.1. The molecule has 1 aromatic rings. The van der Waals surface area contributed by atoms with Crippen LogP contribution in [-0.4, -0.2) is 47.8 Å². The first-order chi connectivity index (χ1) is 9.18. The number of hydrogen-bond donors (Lipinski definition) is 1. The van der Waals surface area contributed by atoms with Gasteiger partial charge in [0.1, 0.15) is 0 Å². The molecule has 0 aliphatic heterocycles. The van der Waals surface area contributed by atoms with Crippen LogP contribution in [0.25, 0.3) is 0 Å². The van der Waals surface area contributed by atoms with Crippen molar-refractivity contribution in [3.63, 3.8) is 0 Å². The van der Waals surface area contributed by atoms with Gasteiger partial charge in [-0.3, -0.25) is 9.48 Å². The summed E-state index contributed by atoms with van der Waals surface area (Å²) in [6, 6.07) is 1.92. The van der Waals surface area contributed by atoms with Crippen molar-refractivity contribution in [3.05, 3.63) is 17.5 Å². The number of nitrogens with zero attached hydrogens (tertiary/aromatic N) is 3. The van der Waals surface area contributed by atoms with Crippen molar-refractivity contribution in [1.29, 1.82) is 0 Å². The Labute approximate surface area is 134 Å². The maximum Gasteiger partial charge on any atom is 0.274 e. The third-order valence-corrected chi connectivity index (χ3v) is 3.23. The first-order valence-corrected chi connectivity index (χ1v) is 7.19. The molecule has 0 atom stereocenters. The molecule has 0 radical (unpaired) electrons. The number of halogens is 1. The Morgan fingerprint density at radius 2 is 2.00 bits per heavy atom. The fourth-order valence-corrected chi connectivity index (χ4v) is 2.03. The van der Waals surface area contributed by atoms with E-state index in [1.807, 2.05) is 24.8 Å². The minimum absolute atomic E-state index is 0. The standard InChI is InChI=1S/C15H28N4O.ClH/c1-11(2)13-10-12(17-19(13)15(3,4)5)14(20)18(7)9-8-16-6;/h10-11,16H,8-9H2,1-7H3;1H. The smallest absolute Gasteiger partial charge is 0.274 e. The first kappa shape index (κ1) is 19.9. The minimum atomic E-state index is -0.123. The van der Waals surface area contributed by atoms with Crippen LogP contribution in [0, 0.1) is 0 Å². The lowest BCUT2D eigenvalue weighted by atomic mass is 10.1. The van der Waals surface area contributed by atoms with Crippen LogP contribution >= 0.6 is 12.4 Å². The van der Waals surface area contributed by atoms with Crippen LogP contribution in [0.1, 0.15) is 56.7 Å². The Kier molecular flexibility index (Phi) is 7.40. The van der Waals surface area contributed by atoms with Gasteiger partial charge in [-0.2, -0.15) is 5.10 Å². The van der Waals surface area contributed by atoms with E-state index in [9.17, 15) is 4.79 Å². The number of rotatable bonds is 5. The zero-order valence-electron chi connectivity index (χ0n) is 14.2. The summed E-state index contributed by atoms with van der Waals surface area (Å²) in [5.74, 6) is 0.316. The summed E-state index contributed by atoms with van der Waals surface area (Å²) in [5, 5.41) is 7.58. The highest BCUT2D eigenvalue weighted by molar-refractivity contribution is 5.92. The van der Waals surface area contributed by atoms with E-state index in [-0.39, 0.29) is 23.9 Å². The second kappa shape index (κ2) is 7.80. The van der Waals surface area contributed by atoms with Gasteiger partial charge in [-0.25, -0.2) is 0 Å². The third-order valence-electron chi connectivity index (χ3n) is 3.23. The number of amides is 1. The molecule has 122 valence electrons. The van der Waals surface area contributed by atoms with Gasteiger partial charge in [0.05, 0.1) is 5.54 Å². The molecule has 5 nitrogen and oxygen atoms in total. The Bertz CT molecular complexity index is 463. The number of carbonyl (C=O) groups is 1. The predicted molar refractivity (Wildman–Crippen MR) is 89.4 cm³/mol. The van der Waals surface area contributed by atoms with Crippen LogP contribution in [0.4, 0.5) is 0 Å². The van der Waals surface area contributed by atoms with Crippen LogP contribution in [0.2, 0.25) is 0 Å². The number of carbonyl (C=O) groups excluding carboxylic acids is 1. The Morgan fingerprint density at radius 3 is 2.38 bits per heavy atom. The van der Waals surface area contributed by atoms with Crippen molar-refractivity contribution in [3.8, 4) is 0 Å². The normalized spacial score (nSPS) is 11.4. The van der Waals surface area contributed by atoms with Gasteiger partial charge in [-0.1, -0.05) is 13.8 Å². The largest absolute Gasteiger partial charge is 0.339 e. The molecule has 0 unspecified atom stereocenters. The molecule has 1 rings (SSSR count). The van der Waals surface area contributed by atoms with Crippen LogP contribution < -0.4 is 5.32 Å². The summed E-state index contributed by atoms with van der Waals surface area (Å²) in [6.07, 6.45) is 0.